The van der Waals surface area contributed by atoms with E-state index in [-0.39, 0.29) is 5.91 Å². The van der Waals surface area contributed by atoms with Gasteiger partial charge in [0.1, 0.15) is 0 Å². The number of hydrogen-bond acceptors (Lipinski definition) is 3. The molecule has 1 amide bonds. The number of amides is 1. The average Bonchev–Trinajstić information content (AvgIpc) is 2.80. The maximum Gasteiger partial charge on any atom is 0.221 e. The molecule has 1 heterocycles. The third kappa shape index (κ3) is 3.48. The quantitative estimate of drug-likeness (QED) is 0.890. The molecule has 2 rings (SSSR count). The van der Waals surface area contributed by atoms with E-state index in [1.54, 1.807) is 17.4 Å². The Balaban J connectivity index is 2.03. The predicted octanol–water partition coefficient (Wildman–Crippen LogP) is 3.97. The van der Waals surface area contributed by atoms with Crippen LogP contribution in [0.25, 0.3) is 0 Å². The van der Waals surface area contributed by atoms with Crippen LogP contribution in [0.4, 0.5) is 11.4 Å². The first-order valence-electron chi connectivity index (χ1n) is 5.48. The molecule has 0 saturated heterocycles. The molecule has 0 aliphatic heterocycles. The molecule has 0 radical (unpaired) electrons. The van der Waals surface area contributed by atoms with Gasteiger partial charge in [-0.1, -0.05) is 17.7 Å². The molecule has 2 aromatic rings. The summed E-state index contributed by atoms with van der Waals surface area (Å²) in [6.07, 6.45) is 0. The van der Waals surface area contributed by atoms with Gasteiger partial charge in [-0.3, -0.25) is 4.79 Å². The molecule has 5 heteroatoms. The van der Waals surface area contributed by atoms with E-state index in [1.165, 1.54) is 11.8 Å². The largest absolute Gasteiger partial charge is 0.379 e. The first-order valence-corrected chi connectivity index (χ1v) is 6.74. The lowest BCUT2D eigenvalue weighted by Crippen LogP contribution is -2.06. The Morgan fingerprint density at radius 3 is 2.83 bits per heavy atom. The molecule has 0 atom stereocenters. The van der Waals surface area contributed by atoms with Crippen LogP contribution in [-0.2, 0) is 11.3 Å². The normalized spacial score (nSPS) is 10.1. The lowest BCUT2D eigenvalue weighted by Gasteiger charge is -2.09. The van der Waals surface area contributed by atoms with Gasteiger partial charge in [-0.15, -0.1) is 11.3 Å². The summed E-state index contributed by atoms with van der Waals surface area (Å²) in [5.74, 6) is -0.106. The summed E-state index contributed by atoms with van der Waals surface area (Å²) in [7, 11) is 0. The third-order valence-corrected chi connectivity index (χ3v) is 3.51. The molecule has 3 nitrogen and oxygen atoms in total. The molecule has 0 aliphatic rings. The number of anilines is 2. The predicted molar refractivity (Wildman–Crippen MR) is 77.4 cm³/mol. The minimum absolute atomic E-state index is 0.106. The van der Waals surface area contributed by atoms with Gasteiger partial charge in [0.05, 0.1) is 10.7 Å². The van der Waals surface area contributed by atoms with Gasteiger partial charge in [0, 0.05) is 24.0 Å². The Hall–Kier alpha value is -1.52. The number of thiophene rings is 1. The number of halogens is 1. The summed E-state index contributed by atoms with van der Waals surface area (Å²) in [5.41, 5.74) is 1.56. The van der Waals surface area contributed by atoms with E-state index in [2.05, 4.69) is 16.7 Å². The number of carbonyl (C=O) groups excluding carboxylic acids is 1. The Labute approximate surface area is 115 Å². The molecule has 0 bridgehead atoms. The summed E-state index contributed by atoms with van der Waals surface area (Å²) in [5, 5.41) is 8.59. The number of hydrogen-bond donors (Lipinski definition) is 2. The fourth-order valence-electron chi connectivity index (χ4n) is 1.53. The van der Waals surface area contributed by atoms with Crippen LogP contribution in [0, 0.1) is 0 Å². The van der Waals surface area contributed by atoms with Crippen molar-refractivity contribution in [3.8, 4) is 0 Å². The van der Waals surface area contributed by atoms with Gasteiger partial charge in [-0.25, -0.2) is 0 Å². The van der Waals surface area contributed by atoms with Crippen LogP contribution in [0.1, 0.15) is 11.8 Å². The lowest BCUT2D eigenvalue weighted by atomic mass is 10.2. The highest BCUT2D eigenvalue weighted by Gasteiger charge is 2.03. The van der Waals surface area contributed by atoms with Crippen LogP contribution in [-0.4, -0.2) is 5.91 Å². The van der Waals surface area contributed by atoms with E-state index in [1.807, 2.05) is 23.6 Å². The van der Waals surface area contributed by atoms with Gasteiger partial charge in [0.25, 0.3) is 0 Å². The van der Waals surface area contributed by atoms with Crippen molar-refractivity contribution in [1.82, 2.24) is 0 Å². The molecule has 0 saturated carbocycles. The Bertz CT molecular complexity index is 540. The summed E-state index contributed by atoms with van der Waals surface area (Å²) >= 11 is 7.84. The van der Waals surface area contributed by atoms with Crippen molar-refractivity contribution in [3.05, 3.63) is 45.6 Å². The molecule has 1 aromatic carbocycles. The summed E-state index contributed by atoms with van der Waals surface area (Å²) in [6.45, 7) is 2.22. The minimum Gasteiger partial charge on any atom is -0.379 e. The number of benzene rings is 1. The van der Waals surface area contributed by atoms with Crippen molar-refractivity contribution >= 4 is 40.2 Å². The fourth-order valence-corrected chi connectivity index (χ4v) is 2.43. The average molecular weight is 281 g/mol. The van der Waals surface area contributed by atoms with Gasteiger partial charge < -0.3 is 10.6 Å². The van der Waals surface area contributed by atoms with Crippen molar-refractivity contribution in [2.45, 2.75) is 13.5 Å². The second-order valence-electron chi connectivity index (χ2n) is 3.81. The van der Waals surface area contributed by atoms with Gasteiger partial charge >= 0.3 is 0 Å². The first-order chi connectivity index (χ1) is 8.65. The van der Waals surface area contributed by atoms with Crippen LogP contribution in [0.5, 0.6) is 0 Å². The maximum atomic E-state index is 10.9. The maximum absolute atomic E-state index is 10.9. The fraction of sp³-hybridized carbons (Fsp3) is 0.154. The van der Waals surface area contributed by atoms with Gasteiger partial charge in [-0.2, -0.15) is 0 Å². The SMILES string of the molecule is CC(=O)Nc1ccc(NCc2cccs2)c(Cl)c1. The first kappa shape index (κ1) is 12.9. The Kier molecular flexibility index (Phi) is 4.23. The number of rotatable bonds is 4. The molecule has 2 N–H and O–H groups in total. The van der Waals surface area contributed by atoms with E-state index < -0.39 is 0 Å². The lowest BCUT2D eigenvalue weighted by molar-refractivity contribution is -0.114. The number of nitrogens with one attached hydrogen (secondary N) is 2. The van der Waals surface area contributed by atoms with E-state index in [9.17, 15) is 4.79 Å². The molecule has 0 unspecified atom stereocenters. The highest BCUT2D eigenvalue weighted by Crippen LogP contribution is 2.26. The zero-order chi connectivity index (χ0) is 13.0. The van der Waals surface area contributed by atoms with Crippen LogP contribution in [0.15, 0.2) is 35.7 Å². The van der Waals surface area contributed by atoms with Crippen molar-refractivity contribution in [3.63, 3.8) is 0 Å². The zero-order valence-corrected chi connectivity index (χ0v) is 11.4. The van der Waals surface area contributed by atoms with Crippen molar-refractivity contribution in [2.24, 2.45) is 0 Å². The molecule has 0 fully saturated rings. The summed E-state index contributed by atoms with van der Waals surface area (Å²) in [4.78, 5) is 12.2. The molecule has 18 heavy (non-hydrogen) atoms. The van der Waals surface area contributed by atoms with E-state index >= 15 is 0 Å². The number of carbonyl (C=O) groups is 1. The van der Waals surface area contributed by atoms with Gasteiger partial charge in [0.15, 0.2) is 0 Å². The van der Waals surface area contributed by atoms with Gasteiger partial charge in [-0.05, 0) is 29.6 Å². The summed E-state index contributed by atoms with van der Waals surface area (Å²) in [6, 6.07) is 9.51. The van der Waals surface area contributed by atoms with Crippen molar-refractivity contribution in [2.75, 3.05) is 10.6 Å². The highest BCUT2D eigenvalue weighted by molar-refractivity contribution is 7.09. The molecular formula is C13H13ClN2OS. The second kappa shape index (κ2) is 5.89. The molecule has 94 valence electrons. The second-order valence-corrected chi connectivity index (χ2v) is 5.25. The molecule has 0 spiro atoms. The smallest absolute Gasteiger partial charge is 0.221 e. The van der Waals surface area contributed by atoms with Crippen LogP contribution in [0.2, 0.25) is 5.02 Å². The minimum atomic E-state index is -0.106. The topological polar surface area (TPSA) is 41.1 Å². The van der Waals surface area contributed by atoms with Crippen LogP contribution >= 0.6 is 22.9 Å². The molecular weight excluding hydrogens is 268 g/mol. The van der Waals surface area contributed by atoms with E-state index in [0.29, 0.717) is 10.7 Å². The molecule has 1 aromatic heterocycles. The standard InChI is InChI=1S/C13H13ClN2OS/c1-9(17)16-10-4-5-13(12(14)7-10)15-8-11-3-2-6-18-11/h2-7,15H,8H2,1H3,(H,16,17). The van der Waals surface area contributed by atoms with Crippen molar-refractivity contribution < 1.29 is 4.79 Å². The monoisotopic (exact) mass is 280 g/mol. The Morgan fingerprint density at radius 1 is 1.39 bits per heavy atom. The van der Waals surface area contributed by atoms with Gasteiger partial charge in [0.2, 0.25) is 5.91 Å². The Morgan fingerprint density at radius 2 is 2.22 bits per heavy atom. The van der Waals surface area contributed by atoms with Crippen LogP contribution < -0.4 is 10.6 Å². The third-order valence-electron chi connectivity index (χ3n) is 2.32. The molecule has 0 aliphatic carbocycles. The van der Waals surface area contributed by atoms with Crippen LogP contribution in [0.3, 0.4) is 0 Å². The van der Waals surface area contributed by atoms with Crippen molar-refractivity contribution in [1.29, 1.82) is 0 Å². The highest BCUT2D eigenvalue weighted by atomic mass is 35.5. The van der Waals surface area contributed by atoms with E-state index in [4.69, 9.17) is 11.6 Å². The zero-order valence-electron chi connectivity index (χ0n) is 9.87. The summed E-state index contributed by atoms with van der Waals surface area (Å²) < 4.78 is 0. The van der Waals surface area contributed by atoms with E-state index in [0.717, 1.165) is 12.2 Å².